The Morgan fingerprint density at radius 3 is 2.95 bits per heavy atom. The number of nitrogens with zero attached hydrogens (tertiary/aromatic N) is 6. The molecule has 0 aliphatic carbocycles. The van der Waals surface area contributed by atoms with Gasteiger partial charge in [0.2, 0.25) is 5.95 Å². The largest absolute Gasteiger partial charge is 0.596 e. The Hall–Kier alpha value is -2.43. The summed E-state index contributed by atoms with van der Waals surface area (Å²) in [6, 6.07) is 6.87. The quantitative estimate of drug-likeness (QED) is 0.402. The molecule has 0 radical (unpaired) electrons. The van der Waals surface area contributed by atoms with Crippen molar-refractivity contribution in [2.75, 3.05) is 30.4 Å². The first kappa shape index (κ1) is 24.9. The van der Waals surface area contributed by atoms with Gasteiger partial charge in [-0.1, -0.05) is 6.92 Å². The number of nitriles is 1. The maximum atomic E-state index is 13.6. The maximum absolute atomic E-state index is 13.6. The van der Waals surface area contributed by atoms with E-state index in [2.05, 4.69) is 45.8 Å². The van der Waals surface area contributed by atoms with Gasteiger partial charge in [-0.2, -0.15) is 15.3 Å². The summed E-state index contributed by atoms with van der Waals surface area (Å²) >= 11 is 0.497. The van der Waals surface area contributed by atoms with Gasteiger partial charge >= 0.3 is 0 Å². The van der Waals surface area contributed by atoms with Crippen molar-refractivity contribution in [2.24, 2.45) is 11.8 Å². The standard InChI is InChI=1S/C25H33N9OS2/c1-15-8-19(10-18-4-6-25(11-15,30-18)37(35)34-13-17(12-26)14-34)33(3)24-28-22(20-5-7-36-23(20)29-24)27-21-9-16(2)31-32-21/h5,7,9,15,17-19,30H,4,6,8,10-11,13-14H2,1-3H3,(H2,27,28,29,31,32). The van der Waals surface area contributed by atoms with Crippen LogP contribution in [0.15, 0.2) is 17.5 Å². The Labute approximate surface area is 224 Å². The van der Waals surface area contributed by atoms with Crippen LogP contribution in [0.4, 0.5) is 17.6 Å². The molecule has 6 rings (SSSR count). The van der Waals surface area contributed by atoms with Crippen LogP contribution in [0.25, 0.3) is 10.2 Å². The molecule has 3 fully saturated rings. The van der Waals surface area contributed by atoms with E-state index >= 15 is 0 Å². The molecule has 2 bridgehead atoms. The molecule has 6 heterocycles. The van der Waals surface area contributed by atoms with E-state index in [9.17, 15) is 4.55 Å². The van der Waals surface area contributed by atoms with E-state index in [0.717, 1.165) is 59.7 Å². The Bertz CT molecular complexity index is 1310. The Kier molecular flexibility index (Phi) is 6.53. The van der Waals surface area contributed by atoms with Crippen molar-refractivity contribution in [1.29, 1.82) is 5.26 Å². The summed E-state index contributed by atoms with van der Waals surface area (Å²) in [5, 5.41) is 26.7. The van der Waals surface area contributed by atoms with Gasteiger partial charge in [0.15, 0.2) is 10.7 Å². The average molecular weight is 540 g/mol. The van der Waals surface area contributed by atoms with Crippen LogP contribution in [-0.2, 0) is 11.4 Å². The molecule has 0 amide bonds. The zero-order chi connectivity index (χ0) is 25.7. The van der Waals surface area contributed by atoms with E-state index in [0.29, 0.717) is 31.0 Å². The number of aromatic amines is 1. The number of hydrogen-bond donors (Lipinski definition) is 3. The Morgan fingerprint density at radius 1 is 1.35 bits per heavy atom. The van der Waals surface area contributed by atoms with Crippen LogP contribution >= 0.6 is 11.3 Å². The topological polar surface area (TPSA) is 132 Å². The van der Waals surface area contributed by atoms with Crippen molar-refractivity contribution in [3.05, 3.63) is 23.2 Å². The van der Waals surface area contributed by atoms with E-state index in [1.54, 1.807) is 11.3 Å². The van der Waals surface area contributed by atoms with Crippen molar-refractivity contribution >= 4 is 50.5 Å². The monoisotopic (exact) mass is 539 g/mol. The highest BCUT2D eigenvalue weighted by atomic mass is 32.2. The van der Waals surface area contributed by atoms with Crippen LogP contribution in [0.5, 0.6) is 0 Å². The first-order chi connectivity index (χ1) is 17.8. The minimum atomic E-state index is -1.12. The van der Waals surface area contributed by atoms with Crippen LogP contribution in [-0.4, -0.2) is 66.1 Å². The van der Waals surface area contributed by atoms with Crippen molar-refractivity contribution in [1.82, 2.24) is 29.8 Å². The number of hydrogen-bond acceptors (Lipinski definition) is 10. The third kappa shape index (κ3) is 4.68. The van der Waals surface area contributed by atoms with E-state index in [1.807, 2.05) is 28.7 Å². The first-order valence-electron chi connectivity index (χ1n) is 12.9. The first-order valence-corrected chi connectivity index (χ1v) is 14.9. The highest BCUT2D eigenvalue weighted by Gasteiger charge is 2.55. The molecule has 3 aromatic heterocycles. The molecule has 37 heavy (non-hydrogen) atoms. The van der Waals surface area contributed by atoms with Gasteiger partial charge in [0.25, 0.3) is 0 Å². The maximum Gasteiger partial charge on any atom is 0.228 e. The summed E-state index contributed by atoms with van der Waals surface area (Å²) in [4.78, 5) is 12.7. The molecule has 3 N–H and O–H groups in total. The summed E-state index contributed by atoms with van der Waals surface area (Å²) < 4.78 is 15.6. The lowest BCUT2D eigenvalue weighted by Gasteiger charge is -2.45. The Morgan fingerprint density at radius 2 is 2.19 bits per heavy atom. The zero-order valence-electron chi connectivity index (χ0n) is 21.4. The molecule has 0 saturated carbocycles. The molecule has 196 valence electrons. The highest BCUT2D eigenvalue weighted by molar-refractivity contribution is 7.90. The number of fused-ring (bicyclic) bond motifs is 3. The normalized spacial score (nSPS) is 29.3. The second kappa shape index (κ2) is 9.71. The molecule has 3 aliphatic rings. The minimum Gasteiger partial charge on any atom is -0.596 e. The van der Waals surface area contributed by atoms with Gasteiger partial charge in [-0.15, -0.1) is 15.6 Å². The van der Waals surface area contributed by atoms with Crippen molar-refractivity contribution in [3.8, 4) is 6.07 Å². The number of rotatable bonds is 6. The van der Waals surface area contributed by atoms with Crippen molar-refractivity contribution < 1.29 is 4.55 Å². The fourth-order valence-corrected chi connectivity index (χ4v) is 8.96. The van der Waals surface area contributed by atoms with E-state index in [-0.39, 0.29) is 16.8 Å². The van der Waals surface area contributed by atoms with Crippen LogP contribution < -0.4 is 15.5 Å². The molecular weight excluding hydrogens is 506 g/mol. The van der Waals surface area contributed by atoms with Gasteiger partial charge in [-0.3, -0.25) is 10.4 Å². The van der Waals surface area contributed by atoms with Gasteiger partial charge < -0.3 is 14.8 Å². The van der Waals surface area contributed by atoms with Crippen molar-refractivity contribution in [3.63, 3.8) is 0 Å². The fraction of sp³-hybridized carbons (Fsp3) is 0.600. The van der Waals surface area contributed by atoms with Gasteiger partial charge in [0.1, 0.15) is 10.6 Å². The number of anilines is 3. The second-order valence-corrected chi connectivity index (χ2v) is 13.6. The molecule has 3 aromatic rings. The number of nitrogens with one attached hydrogen (secondary N) is 3. The van der Waals surface area contributed by atoms with E-state index in [4.69, 9.17) is 15.2 Å². The van der Waals surface area contributed by atoms with Gasteiger partial charge in [-0.25, -0.2) is 4.98 Å². The molecular formula is C25H33N9OS2. The second-order valence-electron chi connectivity index (χ2n) is 10.9. The van der Waals surface area contributed by atoms with Crippen LogP contribution in [0, 0.1) is 30.1 Å². The van der Waals surface area contributed by atoms with Gasteiger partial charge in [0.05, 0.1) is 41.8 Å². The molecule has 0 aromatic carbocycles. The molecule has 3 aliphatic heterocycles. The summed E-state index contributed by atoms with van der Waals surface area (Å²) in [5.74, 6) is 2.60. The lowest BCUT2D eigenvalue weighted by atomic mass is 9.90. The van der Waals surface area contributed by atoms with Crippen molar-refractivity contribution in [2.45, 2.75) is 62.9 Å². The predicted octanol–water partition coefficient (Wildman–Crippen LogP) is 3.66. The van der Waals surface area contributed by atoms with E-state index < -0.39 is 11.4 Å². The smallest absolute Gasteiger partial charge is 0.228 e. The summed E-state index contributed by atoms with van der Waals surface area (Å²) in [6.07, 6.45) is 4.72. The van der Waals surface area contributed by atoms with Crippen LogP contribution in [0.1, 0.15) is 44.7 Å². The number of H-pyrrole nitrogens is 1. The predicted molar refractivity (Wildman–Crippen MR) is 147 cm³/mol. The number of thiophene rings is 1. The lowest BCUT2D eigenvalue weighted by molar-refractivity contribution is 0.222. The molecule has 3 saturated heterocycles. The molecule has 5 unspecified atom stereocenters. The highest BCUT2D eigenvalue weighted by Crippen LogP contribution is 2.43. The number of aromatic nitrogens is 4. The molecule has 12 heteroatoms. The average Bonchev–Trinajstić information content (AvgIpc) is 3.57. The molecule has 0 spiro atoms. The lowest BCUT2D eigenvalue weighted by Crippen LogP contribution is -2.62. The third-order valence-corrected chi connectivity index (χ3v) is 10.7. The fourth-order valence-electron chi connectivity index (χ4n) is 6.09. The Balaban J connectivity index is 1.21. The van der Waals surface area contributed by atoms with Crippen LogP contribution in [0.2, 0.25) is 0 Å². The summed E-state index contributed by atoms with van der Waals surface area (Å²) in [6.45, 7) is 5.48. The third-order valence-electron chi connectivity index (χ3n) is 8.00. The zero-order valence-corrected chi connectivity index (χ0v) is 23.0. The SMILES string of the molecule is Cc1cc(Nc2nc(N(C)C3CC(C)CC4([S+]([O-])N5CC(C#N)C5)CCC(C3)N4)nc3sccc23)n[nH]1. The molecule has 10 nitrogen and oxygen atoms in total. The summed E-state index contributed by atoms with van der Waals surface area (Å²) in [7, 11) is 2.10. The number of aryl methyl sites for hydroxylation is 1. The van der Waals surface area contributed by atoms with Gasteiger partial charge in [-0.05, 0) is 43.6 Å². The van der Waals surface area contributed by atoms with Gasteiger partial charge in [0, 0.05) is 43.7 Å². The van der Waals surface area contributed by atoms with E-state index in [1.165, 1.54) is 0 Å². The van der Waals surface area contributed by atoms with Crippen LogP contribution in [0.3, 0.4) is 0 Å². The summed E-state index contributed by atoms with van der Waals surface area (Å²) in [5.41, 5.74) is 0.985. The minimum absolute atomic E-state index is 0.0127. The molecule has 5 atom stereocenters.